The summed E-state index contributed by atoms with van der Waals surface area (Å²) in [7, 11) is 0. The Bertz CT molecular complexity index is 942. The second kappa shape index (κ2) is 10.6. The van der Waals surface area contributed by atoms with Crippen LogP contribution in [0.15, 0.2) is 91.5 Å². The van der Waals surface area contributed by atoms with Crippen LogP contribution in [0.2, 0.25) is 0 Å². The number of rotatable bonds is 10. The Morgan fingerprint density at radius 2 is 1.55 bits per heavy atom. The third kappa shape index (κ3) is 6.74. The molecule has 2 N–H and O–H groups in total. The zero-order valence-electron chi connectivity index (χ0n) is 16.1. The molecule has 0 aliphatic heterocycles. The minimum Gasteiger partial charge on any atom is -0.489 e. The lowest BCUT2D eigenvalue weighted by Gasteiger charge is -2.11. The second-order valence-corrected chi connectivity index (χ2v) is 6.33. The van der Waals surface area contributed by atoms with Crippen LogP contribution in [0.3, 0.4) is 0 Å². The summed E-state index contributed by atoms with van der Waals surface area (Å²) < 4.78 is 11.3. The zero-order chi connectivity index (χ0) is 20.3. The molecule has 0 aromatic heterocycles. The minimum absolute atomic E-state index is 0.139. The van der Waals surface area contributed by atoms with Crippen molar-refractivity contribution in [3.05, 3.63) is 97.1 Å². The Morgan fingerprint density at radius 3 is 2.31 bits per heavy atom. The summed E-state index contributed by atoms with van der Waals surface area (Å²) in [5.41, 5.74) is 2.59. The van der Waals surface area contributed by atoms with Crippen LogP contribution in [0.1, 0.15) is 5.56 Å². The van der Waals surface area contributed by atoms with E-state index in [2.05, 4.69) is 17.2 Å². The van der Waals surface area contributed by atoms with E-state index in [1.807, 2.05) is 72.8 Å². The molecule has 29 heavy (non-hydrogen) atoms. The quantitative estimate of drug-likeness (QED) is 0.486. The van der Waals surface area contributed by atoms with Crippen LogP contribution in [0.4, 0.5) is 11.4 Å². The summed E-state index contributed by atoms with van der Waals surface area (Å²) in [5.74, 6) is 1.27. The summed E-state index contributed by atoms with van der Waals surface area (Å²) in [6, 6.07) is 24.8. The van der Waals surface area contributed by atoms with Crippen molar-refractivity contribution in [1.29, 1.82) is 0 Å². The van der Waals surface area contributed by atoms with Crippen molar-refractivity contribution >= 4 is 17.3 Å². The maximum atomic E-state index is 12.2. The van der Waals surface area contributed by atoms with Gasteiger partial charge in [0.25, 0.3) is 0 Å². The molecule has 0 heterocycles. The maximum absolute atomic E-state index is 12.2. The molecule has 1 amide bonds. The first-order valence-corrected chi connectivity index (χ1v) is 9.37. The molecule has 0 saturated heterocycles. The van der Waals surface area contributed by atoms with Gasteiger partial charge in [-0.05, 0) is 29.8 Å². The van der Waals surface area contributed by atoms with E-state index in [4.69, 9.17) is 9.47 Å². The van der Waals surface area contributed by atoms with E-state index in [0.717, 1.165) is 17.0 Å². The van der Waals surface area contributed by atoms with Crippen LogP contribution in [0, 0.1) is 0 Å². The number of anilines is 2. The molecule has 148 valence electrons. The van der Waals surface area contributed by atoms with Crippen molar-refractivity contribution in [3.8, 4) is 11.5 Å². The Morgan fingerprint density at radius 1 is 0.862 bits per heavy atom. The molecule has 3 rings (SSSR count). The van der Waals surface area contributed by atoms with Crippen LogP contribution >= 0.6 is 0 Å². The number of hydrogen-bond acceptors (Lipinski definition) is 4. The SMILES string of the molecule is C=CCOc1cccc(NC(=O)CNc2cccc(OCc3ccccc3)c2)c1. The van der Waals surface area contributed by atoms with Crippen LogP contribution in [-0.2, 0) is 11.4 Å². The Balaban J connectivity index is 1.49. The highest BCUT2D eigenvalue weighted by Crippen LogP contribution is 2.19. The normalized spacial score (nSPS) is 10.1. The van der Waals surface area contributed by atoms with E-state index < -0.39 is 0 Å². The summed E-state index contributed by atoms with van der Waals surface area (Å²) in [6.07, 6.45) is 1.67. The lowest BCUT2D eigenvalue weighted by Crippen LogP contribution is -2.21. The summed E-state index contributed by atoms with van der Waals surface area (Å²) >= 11 is 0. The fourth-order valence-electron chi connectivity index (χ4n) is 2.64. The Labute approximate surface area is 171 Å². The molecule has 0 radical (unpaired) electrons. The first-order chi connectivity index (χ1) is 14.2. The molecule has 0 saturated carbocycles. The van der Waals surface area contributed by atoms with Crippen molar-refractivity contribution in [2.75, 3.05) is 23.8 Å². The minimum atomic E-state index is -0.151. The van der Waals surface area contributed by atoms with Gasteiger partial charge in [-0.1, -0.05) is 55.1 Å². The van der Waals surface area contributed by atoms with Gasteiger partial charge in [-0.3, -0.25) is 4.79 Å². The number of carbonyl (C=O) groups is 1. The van der Waals surface area contributed by atoms with E-state index in [1.54, 1.807) is 12.1 Å². The van der Waals surface area contributed by atoms with Gasteiger partial charge in [-0.2, -0.15) is 0 Å². The number of hydrogen-bond donors (Lipinski definition) is 2. The smallest absolute Gasteiger partial charge is 0.243 e. The van der Waals surface area contributed by atoms with E-state index >= 15 is 0 Å². The van der Waals surface area contributed by atoms with Crippen molar-refractivity contribution in [3.63, 3.8) is 0 Å². The third-order valence-corrected chi connectivity index (χ3v) is 4.02. The Hall–Kier alpha value is -3.73. The van der Waals surface area contributed by atoms with Gasteiger partial charge in [-0.25, -0.2) is 0 Å². The number of carbonyl (C=O) groups excluding carboxylic acids is 1. The average Bonchev–Trinajstić information content (AvgIpc) is 2.76. The number of ether oxygens (including phenoxy) is 2. The van der Waals surface area contributed by atoms with E-state index in [1.165, 1.54) is 0 Å². The maximum Gasteiger partial charge on any atom is 0.243 e. The van der Waals surface area contributed by atoms with Crippen molar-refractivity contribution in [1.82, 2.24) is 0 Å². The first-order valence-electron chi connectivity index (χ1n) is 9.37. The molecule has 0 aliphatic rings. The van der Waals surface area contributed by atoms with Crippen molar-refractivity contribution in [2.24, 2.45) is 0 Å². The monoisotopic (exact) mass is 388 g/mol. The standard InChI is InChI=1S/C24H24N2O3/c1-2-14-28-22-12-7-11-21(16-22)26-24(27)17-25-20-10-6-13-23(15-20)29-18-19-8-4-3-5-9-19/h2-13,15-16,25H,1,14,17-18H2,(H,26,27). The highest BCUT2D eigenvalue weighted by atomic mass is 16.5. The molecule has 0 aliphatic carbocycles. The third-order valence-electron chi connectivity index (χ3n) is 4.02. The summed E-state index contributed by atoms with van der Waals surface area (Å²) in [4.78, 5) is 12.2. The number of nitrogens with one attached hydrogen (secondary N) is 2. The molecule has 0 spiro atoms. The fourth-order valence-corrected chi connectivity index (χ4v) is 2.64. The topological polar surface area (TPSA) is 59.6 Å². The molecule has 0 fully saturated rings. The molecule has 0 atom stereocenters. The second-order valence-electron chi connectivity index (χ2n) is 6.33. The highest BCUT2D eigenvalue weighted by Gasteiger charge is 2.05. The molecule has 5 heteroatoms. The molecule has 0 bridgehead atoms. The van der Waals surface area contributed by atoms with Gasteiger partial charge in [0.05, 0.1) is 6.54 Å². The van der Waals surface area contributed by atoms with Crippen LogP contribution in [-0.4, -0.2) is 19.1 Å². The van der Waals surface area contributed by atoms with Gasteiger partial charge in [0.2, 0.25) is 5.91 Å². The molecule has 3 aromatic rings. The predicted molar refractivity (Wildman–Crippen MR) is 116 cm³/mol. The van der Waals surface area contributed by atoms with Crippen molar-refractivity contribution in [2.45, 2.75) is 6.61 Å². The van der Waals surface area contributed by atoms with Crippen molar-refractivity contribution < 1.29 is 14.3 Å². The summed E-state index contributed by atoms with van der Waals surface area (Å²) in [6.45, 7) is 4.67. The lowest BCUT2D eigenvalue weighted by atomic mass is 10.2. The molecular formula is C24H24N2O3. The summed E-state index contributed by atoms with van der Waals surface area (Å²) in [5, 5.41) is 5.97. The van der Waals surface area contributed by atoms with Gasteiger partial charge in [0, 0.05) is 23.5 Å². The molecule has 0 unspecified atom stereocenters. The largest absolute Gasteiger partial charge is 0.489 e. The van der Waals surface area contributed by atoms with Crippen LogP contribution in [0.25, 0.3) is 0 Å². The zero-order valence-corrected chi connectivity index (χ0v) is 16.1. The van der Waals surface area contributed by atoms with Crippen LogP contribution in [0.5, 0.6) is 11.5 Å². The lowest BCUT2D eigenvalue weighted by molar-refractivity contribution is -0.114. The fraction of sp³-hybridized carbons (Fsp3) is 0.125. The van der Waals surface area contributed by atoms with Gasteiger partial charge in [0.1, 0.15) is 24.7 Å². The molecule has 5 nitrogen and oxygen atoms in total. The number of amides is 1. The first kappa shape index (κ1) is 20.0. The van der Waals surface area contributed by atoms with E-state index in [0.29, 0.717) is 24.7 Å². The predicted octanol–water partition coefficient (Wildman–Crippen LogP) is 4.88. The van der Waals surface area contributed by atoms with E-state index in [9.17, 15) is 4.79 Å². The molecular weight excluding hydrogens is 364 g/mol. The van der Waals surface area contributed by atoms with Gasteiger partial charge < -0.3 is 20.1 Å². The highest BCUT2D eigenvalue weighted by molar-refractivity contribution is 5.93. The van der Waals surface area contributed by atoms with Gasteiger partial charge >= 0.3 is 0 Å². The number of benzene rings is 3. The van der Waals surface area contributed by atoms with Crippen LogP contribution < -0.4 is 20.1 Å². The molecule has 3 aromatic carbocycles. The van der Waals surface area contributed by atoms with Gasteiger partial charge in [-0.15, -0.1) is 0 Å². The average molecular weight is 388 g/mol. The van der Waals surface area contributed by atoms with Gasteiger partial charge in [0.15, 0.2) is 0 Å². The van der Waals surface area contributed by atoms with E-state index in [-0.39, 0.29) is 12.5 Å². The Kier molecular flexibility index (Phi) is 7.29.